The van der Waals surface area contributed by atoms with Gasteiger partial charge in [0.25, 0.3) is 5.69 Å². The number of halogens is 1. The maximum Gasteiger partial charge on any atom is 0.270 e. The molecule has 0 aliphatic heterocycles. The summed E-state index contributed by atoms with van der Waals surface area (Å²) in [5, 5.41) is 13.4. The summed E-state index contributed by atoms with van der Waals surface area (Å²) >= 11 is 0. The van der Waals surface area contributed by atoms with E-state index in [0.717, 1.165) is 0 Å². The number of amides is 1. The molecule has 26 heavy (non-hydrogen) atoms. The van der Waals surface area contributed by atoms with Crippen molar-refractivity contribution >= 4 is 17.3 Å². The Bertz CT molecular complexity index is 952. The van der Waals surface area contributed by atoms with Crippen LogP contribution in [0.3, 0.4) is 0 Å². The minimum atomic E-state index is -0.494. The quantitative estimate of drug-likeness (QED) is 0.519. The fourth-order valence-electron chi connectivity index (χ4n) is 2.45. The zero-order chi connectivity index (χ0) is 18.5. The van der Waals surface area contributed by atoms with Gasteiger partial charge in [-0.3, -0.25) is 14.9 Å². The van der Waals surface area contributed by atoms with Gasteiger partial charge in [0.1, 0.15) is 17.3 Å². The summed E-state index contributed by atoms with van der Waals surface area (Å²) in [6.45, 7) is 0. The van der Waals surface area contributed by atoms with E-state index in [-0.39, 0.29) is 23.7 Å². The number of nitrogens with zero attached hydrogens (tertiary/aromatic N) is 1. The SMILES string of the molecule is O=C(CCc1ccc(-c2cccc([N+](=O)[O-])c2)o1)Nc1ccccc1F. The van der Waals surface area contributed by atoms with Crippen molar-refractivity contribution in [2.45, 2.75) is 12.8 Å². The van der Waals surface area contributed by atoms with Gasteiger partial charge in [0, 0.05) is 30.5 Å². The van der Waals surface area contributed by atoms with Gasteiger partial charge in [0.15, 0.2) is 0 Å². The van der Waals surface area contributed by atoms with Crippen LogP contribution >= 0.6 is 0 Å². The van der Waals surface area contributed by atoms with Gasteiger partial charge < -0.3 is 9.73 Å². The van der Waals surface area contributed by atoms with E-state index in [1.807, 2.05) is 0 Å². The molecule has 1 heterocycles. The van der Waals surface area contributed by atoms with E-state index in [1.165, 1.54) is 24.3 Å². The molecule has 0 saturated heterocycles. The van der Waals surface area contributed by atoms with E-state index in [2.05, 4.69) is 5.32 Å². The van der Waals surface area contributed by atoms with Crippen LogP contribution in [0.2, 0.25) is 0 Å². The Labute approximate surface area is 148 Å². The fourth-order valence-corrected chi connectivity index (χ4v) is 2.45. The third-order valence-corrected chi connectivity index (χ3v) is 3.75. The number of nitro groups is 1. The van der Waals surface area contributed by atoms with Gasteiger partial charge in [-0.05, 0) is 24.3 Å². The summed E-state index contributed by atoms with van der Waals surface area (Å²) in [5.41, 5.74) is 0.695. The van der Waals surface area contributed by atoms with Crippen molar-refractivity contribution in [1.82, 2.24) is 0 Å². The fraction of sp³-hybridized carbons (Fsp3) is 0.105. The zero-order valence-corrected chi connectivity index (χ0v) is 13.6. The number of benzene rings is 2. The van der Waals surface area contributed by atoms with Gasteiger partial charge in [-0.2, -0.15) is 0 Å². The van der Waals surface area contributed by atoms with Crippen LogP contribution in [-0.2, 0) is 11.2 Å². The van der Waals surface area contributed by atoms with Crippen LogP contribution in [0, 0.1) is 15.9 Å². The van der Waals surface area contributed by atoms with Crippen LogP contribution in [0.15, 0.2) is 65.1 Å². The highest BCUT2D eigenvalue weighted by molar-refractivity contribution is 5.90. The molecule has 0 saturated carbocycles. The lowest BCUT2D eigenvalue weighted by atomic mass is 10.1. The number of anilines is 1. The lowest BCUT2D eigenvalue weighted by molar-refractivity contribution is -0.384. The Morgan fingerprint density at radius 3 is 2.69 bits per heavy atom. The molecule has 3 aromatic rings. The molecule has 0 spiro atoms. The van der Waals surface area contributed by atoms with Crippen molar-refractivity contribution in [2.75, 3.05) is 5.32 Å². The molecule has 0 aliphatic rings. The third-order valence-electron chi connectivity index (χ3n) is 3.75. The molecule has 1 amide bonds. The van der Waals surface area contributed by atoms with Crippen LogP contribution in [0.1, 0.15) is 12.2 Å². The van der Waals surface area contributed by atoms with Crippen molar-refractivity contribution < 1.29 is 18.5 Å². The molecule has 0 fully saturated rings. The normalized spacial score (nSPS) is 10.5. The summed E-state index contributed by atoms with van der Waals surface area (Å²) in [6.07, 6.45) is 0.450. The van der Waals surface area contributed by atoms with Gasteiger partial charge in [0.05, 0.1) is 10.6 Å². The van der Waals surface area contributed by atoms with Crippen molar-refractivity contribution in [3.8, 4) is 11.3 Å². The van der Waals surface area contributed by atoms with E-state index in [0.29, 0.717) is 23.5 Å². The molecule has 0 aliphatic carbocycles. The number of non-ortho nitro benzene ring substituents is 1. The Hall–Kier alpha value is -3.48. The van der Waals surface area contributed by atoms with E-state index in [4.69, 9.17) is 4.42 Å². The van der Waals surface area contributed by atoms with E-state index in [9.17, 15) is 19.3 Å². The van der Waals surface area contributed by atoms with Crippen molar-refractivity contribution in [2.24, 2.45) is 0 Å². The number of carbonyl (C=O) groups is 1. The van der Waals surface area contributed by atoms with Crippen LogP contribution in [-0.4, -0.2) is 10.8 Å². The molecular formula is C19H15FN2O4. The standard InChI is InChI=1S/C19H15FN2O4/c20-16-6-1-2-7-17(16)21-19(23)11-9-15-8-10-18(26-15)13-4-3-5-14(12-13)22(24)25/h1-8,10,12H,9,11H2,(H,21,23). The average molecular weight is 354 g/mol. The lowest BCUT2D eigenvalue weighted by Gasteiger charge is -2.05. The third kappa shape index (κ3) is 4.13. The van der Waals surface area contributed by atoms with Gasteiger partial charge >= 0.3 is 0 Å². The first-order valence-corrected chi connectivity index (χ1v) is 7.91. The molecule has 6 nitrogen and oxygen atoms in total. The molecule has 132 valence electrons. The first-order valence-electron chi connectivity index (χ1n) is 7.91. The zero-order valence-electron chi connectivity index (χ0n) is 13.6. The predicted octanol–water partition coefficient (Wildman–Crippen LogP) is 4.57. The van der Waals surface area contributed by atoms with Crippen LogP contribution in [0.4, 0.5) is 15.8 Å². The number of hydrogen-bond donors (Lipinski definition) is 1. The van der Waals surface area contributed by atoms with Crippen LogP contribution < -0.4 is 5.32 Å². The van der Waals surface area contributed by atoms with E-state index in [1.54, 1.807) is 36.4 Å². The topological polar surface area (TPSA) is 85.4 Å². The number of nitro benzene ring substituents is 1. The second-order valence-electron chi connectivity index (χ2n) is 5.60. The predicted molar refractivity (Wildman–Crippen MR) is 94.1 cm³/mol. The molecule has 2 aromatic carbocycles. The molecule has 3 rings (SSSR count). The lowest BCUT2D eigenvalue weighted by Crippen LogP contribution is -2.13. The summed E-state index contributed by atoms with van der Waals surface area (Å²) in [7, 11) is 0. The Kier molecular flexibility index (Phi) is 5.07. The van der Waals surface area contributed by atoms with Gasteiger partial charge in [-0.1, -0.05) is 24.3 Å². The minimum Gasteiger partial charge on any atom is -0.461 e. The van der Waals surface area contributed by atoms with Gasteiger partial charge in [-0.15, -0.1) is 0 Å². The highest BCUT2D eigenvalue weighted by Crippen LogP contribution is 2.26. The number of nitrogens with one attached hydrogen (secondary N) is 1. The monoisotopic (exact) mass is 354 g/mol. The van der Waals surface area contributed by atoms with Gasteiger partial charge in [0.2, 0.25) is 5.91 Å². The minimum absolute atomic E-state index is 0.0234. The second kappa shape index (κ2) is 7.60. The molecule has 0 atom stereocenters. The summed E-state index contributed by atoms with van der Waals surface area (Å²) in [4.78, 5) is 22.3. The largest absolute Gasteiger partial charge is 0.461 e. The Morgan fingerprint density at radius 1 is 1.12 bits per heavy atom. The second-order valence-corrected chi connectivity index (χ2v) is 5.60. The summed E-state index contributed by atoms with van der Waals surface area (Å²) < 4.78 is 19.2. The molecular weight excluding hydrogens is 339 g/mol. The van der Waals surface area contributed by atoms with Gasteiger partial charge in [-0.25, -0.2) is 4.39 Å². The molecule has 1 N–H and O–H groups in total. The first-order chi connectivity index (χ1) is 12.5. The Morgan fingerprint density at radius 2 is 1.92 bits per heavy atom. The first kappa shape index (κ1) is 17.3. The highest BCUT2D eigenvalue weighted by atomic mass is 19.1. The number of para-hydroxylation sites is 1. The highest BCUT2D eigenvalue weighted by Gasteiger charge is 2.12. The molecule has 1 aromatic heterocycles. The van der Waals surface area contributed by atoms with Crippen LogP contribution in [0.25, 0.3) is 11.3 Å². The molecule has 0 radical (unpaired) electrons. The maximum absolute atomic E-state index is 13.5. The maximum atomic E-state index is 13.5. The smallest absolute Gasteiger partial charge is 0.270 e. The molecule has 7 heteroatoms. The number of furan rings is 1. The van der Waals surface area contributed by atoms with Crippen LogP contribution in [0.5, 0.6) is 0 Å². The average Bonchev–Trinajstić information content (AvgIpc) is 3.11. The van der Waals surface area contributed by atoms with Crippen molar-refractivity contribution in [3.05, 3.63) is 82.4 Å². The molecule has 0 unspecified atom stereocenters. The summed E-state index contributed by atoms with van der Waals surface area (Å²) in [5.74, 6) is 0.226. The Balaban J connectivity index is 1.62. The van der Waals surface area contributed by atoms with Crippen molar-refractivity contribution in [1.29, 1.82) is 0 Å². The summed E-state index contributed by atoms with van der Waals surface area (Å²) in [6, 6.07) is 15.5. The van der Waals surface area contributed by atoms with E-state index >= 15 is 0 Å². The molecule has 0 bridgehead atoms. The van der Waals surface area contributed by atoms with Crippen molar-refractivity contribution in [3.63, 3.8) is 0 Å². The number of aryl methyl sites for hydroxylation is 1. The number of rotatable bonds is 6. The number of carbonyl (C=O) groups excluding carboxylic acids is 1. The van der Waals surface area contributed by atoms with E-state index < -0.39 is 10.7 Å². The number of hydrogen-bond acceptors (Lipinski definition) is 4.